The van der Waals surface area contributed by atoms with E-state index < -0.39 is 9.85 Å². The molecule has 100 valence electrons. The van der Waals surface area contributed by atoms with E-state index >= 15 is 0 Å². The van der Waals surface area contributed by atoms with Crippen molar-refractivity contribution in [2.45, 2.75) is 0 Å². The van der Waals surface area contributed by atoms with Crippen LogP contribution in [0.1, 0.15) is 0 Å². The molecule has 0 aliphatic carbocycles. The number of hydrogen-bond acceptors (Lipinski definition) is 4. The number of nitro benzene ring substituents is 2. The van der Waals surface area contributed by atoms with E-state index in [1.165, 1.54) is 24.3 Å². The number of aromatic nitrogens is 1. The van der Waals surface area contributed by atoms with Crippen LogP contribution in [-0.4, -0.2) is 14.4 Å². The summed E-state index contributed by atoms with van der Waals surface area (Å²) in [5.41, 5.74) is 1.35. The van der Waals surface area contributed by atoms with Crippen LogP contribution >= 0.6 is 0 Å². The van der Waals surface area contributed by atoms with Crippen LogP contribution < -0.4 is 0 Å². The van der Waals surface area contributed by atoms with Crippen LogP contribution in [0.4, 0.5) is 11.4 Å². The Balaban J connectivity index is 2.40. The number of hydrogen-bond donors (Lipinski definition) is 0. The van der Waals surface area contributed by atoms with E-state index in [-0.39, 0.29) is 11.4 Å². The number of non-ortho nitro benzene ring substituents is 2. The van der Waals surface area contributed by atoms with Crippen LogP contribution in [0.15, 0.2) is 36.4 Å². The Morgan fingerprint density at radius 1 is 0.850 bits per heavy atom. The van der Waals surface area contributed by atoms with Crippen molar-refractivity contribution in [1.82, 2.24) is 4.57 Å². The normalized spacial score (nSPS) is 11.1. The minimum atomic E-state index is -0.459. The Kier molecular flexibility index (Phi) is 2.43. The zero-order valence-corrected chi connectivity index (χ0v) is 10.4. The molecule has 20 heavy (non-hydrogen) atoms. The molecule has 0 radical (unpaired) electrons. The fourth-order valence-electron chi connectivity index (χ4n) is 2.41. The Morgan fingerprint density at radius 3 is 1.60 bits per heavy atom. The van der Waals surface area contributed by atoms with Crippen LogP contribution in [0.25, 0.3) is 21.8 Å². The van der Waals surface area contributed by atoms with Gasteiger partial charge in [-0.2, -0.15) is 0 Å². The zero-order chi connectivity index (χ0) is 14.4. The first-order valence-electron chi connectivity index (χ1n) is 5.80. The molecule has 2 aromatic carbocycles. The fraction of sp³-hybridized carbons (Fsp3) is 0.0769. The summed E-state index contributed by atoms with van der Waals surface area (Å²) in [6, 6.07) is 9.15. The van der Waals surface area contributed by atoms with Gasteiger partial charge in [0.25, 0.3) is 11.4 Å². The van der Waals surface area contributed by atoms with Gasteiger partial charge in [0.1, 0.15) is 0 Å². The smallest absolute Gasteiger partial charge is 0.271 e. The van der Waals surface area contributed by atoms with Gasteiger partial charge in [0.05, 0.1) is 20.9 Å². The minimum Gasteiger partial charge on any atom is -0.343 e. The van der Waals surface area contributed by atoms with Gasteiger partial charge in [-0.3, -0.25) is 20.2 Å². The minimum absolute atomic E-state index is 0.00194. The molecule has 0 aliphatic rings. The van der Waals surface area contributed by atoms with Crippen LogP contribution in [0.3, 0.4) is 0 Å². The van der Waals surface area contributed by atoms with Gasteiger partial charge in [0.2, 0.25) is 0 Å². The van der Waals surface area contributed by atoms with E-state index in [0.29, 0.717) is 11.0 Å². The lowest BCUT2D eigenvalue weighted by Gasteiger charge is -1.97. The summed E-state index contributed by atoms with van der Waals surface area (Å²) in [6.07, 6.45) is 0. The third-order valence-corrected chi connectivity index (χ3v) is 3.40. The van der Waals surface area contributed by atoms with Crippen molar-refractivity contribution in [2.24, 2.45) is 7.05 Å². The maximum absolute atomic E-state index is 10.8. The summed E-state index contributed by atoms with van der Waals surface area (Å²) in [5, 5.41) is 23.3. The van der Waals surface area contributed by atoms with Crippen molar-refractivity contribution >= 4 is 33.2 Å². The molecule has 0 saturated heterocycles. The van der Waals surface area contributed by atoms with Crippen molar-refractivity contribution < 1.29 is 9.85 Å². The molecule has 0 spiro atoms. The molecule has 0 bridgehead atoms. The molecule has 0 atom stereocenters. The first-order chi connectivity index (χ1) is 9.49. The second kappa shape index (κ2) is 4.02. The molecule has 0 unspecified atom stereocenters. The van der Waals surface area contributed by atoms with E-state index in [2.05, 4.69) is 0 Å². The summed E-state index contributed by atoms with van der Waals surface area (Å²) < 4.78 is 1.73. The van der Waals surface area contributed by atoms with E-state index in [1.54, 1.807) is 23.7 Å². The molecule has 0 N–H and O–H groups in total. The predicted octanol–water partition coefficient (Wildman–Crippen LogP) is 3.15. The van der Waals surface area contributed by atoms with E-state index in [1.807, 2.05) is 0 Å². The highest BCUT2D eigenvalue weighted by atomic mass is 16.6. The van der Waals surface area contributed by atoms with E-state index in [0.717, 1.165) is 10.8 Å². The topological polar surface area (TPSA) is 91.2 Å². The Morgan fingerprint density at radius 2 is 1.25 bits per heavy atom. The van der Waals surface area contributed by atoms with Gasteiger partial charge in [0, 0.05) is 42.1 Å². The summed E-state index contributed by atoms with van der Waals surface area (Å²) >= 11 is 0. The molecule has 3 rings (SSSR count). The fourth-order valence-corrected chi connectivity index (χ4v) is 2.41. The first-order valence-corrected chi connectivity index (χ1v) is 5.80. The van der Waals surface area contributed by atoms with Crippen molar-refractivity contribution in [3.8, 4) is 0 Å². The molecule has 0 fully saturated rings. The lowest BCUT2D eigenvalue weighted by Crippen LogP contribution is -1.91. The van der Waals surface area contributed by atoms with Gasteiger partial charge < -0.3 is 4.57 Å². The van der Waals surface area contributed by atoms with Crippen molar-refractivity contribution in [3.63, 3.8) is 0 Å². The molecule has 7 nitrogen and oxygen atoms in total. The van der Waals surface area contributed by atoms with Crippen LogP contribution in [0.2, 0.25) is 0 Å². The molecule has 0 amide bonds. The second-order valence-electron chi connectivity index (χ2n) is 4.48. The van der Waals surface area contributed by atoms with Crippen molar-refractivity contribution in [1.29, 1.82) is 0 Å². The van der Waals surface area contributed by atoms with Crippen molar-refractivity contribution in [3.05, 3.63) is 56.6 Å². The molecule has 3 aromatic rings. The van der Waals surface area contributed by atoms with Crippen LogP contribution in [0.5, 0.6) is 0 Å². The molecular formula is C13H9N3O4. The average Bonchev–Trinajstić information content (AvgIpc) is 2.71. The number of rotatable bonds is 2. The molecule has 0 saturated carbocycles. The number of nitro groups is 2. The molecule has 7 heteroatoms. The third kappa shape index (κ3) is 1.60. The first kappa shape index (κ1) is 12.1. The highest BCUT2D eigenvalue weighted by molar-refractivity contribution is 6.09. The van der Waals surface area contributed by atoms with Crippen molar-refractivity contribution in [2.75, 3.05) is 0 Å². The van der Waals surface area contributed by atoms with Gasteiger partial charge in [-0.15, -0.1) is 0 Å². The average molecular weight is 271 g/mol. The van der Waals surface area contributed by atoms with E-state index in [4.69, 9.17) is 0 Å². The van der Waals surface area contributed by atoms with Crippen LogP contribution in [-0.2, 0) is 7.05 Å². The van der Waals surface area contributed by atoms with Gasteiger partial charge in [-0.25, -0.2) is 0 Å². The molecular weight excluding hydrogens is 262 g/mol. The summed E-state index contributed by atoms with van der Waals surface area (Å²) in [6.45, 7) is 0. The largest absolute Gasteiger partial charge is 0.343 e. The van der Waals surface area contributed by atoms with Gasteiger partial charge in [-0.05, 0) is 12.1 Å². The highest BCUT2D eigenvalue weighted by Crippen LogP contribution is 2.32. The summed E-state index contributed by atoms with van der Waals surface area (Å²) in [4.78, 5) is 20.7. The SMILES string of the molecule is Cn1c2cc([N+](=O)[O-])ccc2c2ccc([N+](=O)[O-])cc21. The zero-order valence-electron chi connectivity index (χ0n) is 10.4. The summed E-state index contributed by atoms with van der Waals surface area (Å²) in [7, 11) is 1.73. The molecule has 1 heterocycles. The second-order valence-corrected chi connectivity index (χ2v) is 4.48. The standard InChI is InChI=1S/C13H9N3O4/c1-14-12-6-8(15(17)18)2-4-10(12)11-5-3-9(16(19)20)7-13(11)14/h2-7H,1H3. The summed E-state index contributed by atoms with van der Waals surface area (Å²) in [5.74, 6) is 0. The number of fused-ring (bicyclic) bond motifs is 3. The quantitative estimate of drug-likeness (QED) is 0.528. The molecule has 0 aliphatic heterocycles. The predicted molar refractivity (Wildman–Crippen MR) is 73.7 cm³/mol. The number of nitrogens with zero attached hydrogens (tertiary/aromatic N) is 3. The van der Waals surface area contributed by atoms with E-state index in [9.17, 15) is 20.2 Å². The molecule has 1 aromatic heterocycles. The Labute approximate surface area is 112 Å². The Hall–Kier alpha value is -2.96. The Bertz CT molecular complexity index is 811. The van der Waals surface area contributed by atoms with Gasteiger partial charge in [-0.1, -0.05) is 0 Å². The lowest BCUT2D eigenvalue weighted by molar-refractivity contribution is -0.384. The van der Waals surface area contributed by atoms with Gasteiger partial charge >= 0.3 is 0 Å². The van der Waals surface area contributed by atoms with Crippen LogP contribution in [0, 0.1) is 20.2 Å². The highest BCUT2D eigenvalue weighted by Gasteiger charge is 2.15. The number of aryl methyl sites for hydroxylation is 1. The maximum Gasteiger partial charge on any atom is 0.271 e. The number of benzene rings is 2. The monoisotopic (exact) mass is 271 g/mol. The third-order valence-electron chi connectivity index (χ3n) is 3.40. The van der Waals surface area contributed by atoms with Gasteiger partial charge in [0.15, 0.2) is 0 Å². The lowest BCUT2D eigenvalue weighted by atomic mass is 10.1. The maximum atomic E-state index is 10.8.